The molecule has 1 unspecified atom stereocenters. The largest absolute Gasteiger partial charge is 0.481 e. The smallest absolute Gasteiger partial charge is 0.340 e. The molecule has 7 heteroatoms. The minimum absolute atomic E-state index is 0.0250. The first-order valence-corrected chi connectivity index (χ1v) is 10.2. The van der Waals surface area contributed by atoms with Gasteiger partial charge in [-0.1, -0.05) is 20.3 Å². The maximum absolute atomic E-state index is 12.3. The number of anilines is 2. The van der Waals surface area contributed by atoms with Crippen LogP contribution in [-0.2, 0) is 11.2 Å². The summed E-state index contributed by atoms with van der Waals surface area (Å²) in [5, 5.41) is 5.21. The number of pyridine rings is 3. The number of nitrogens with zero attached hydrogens (tertiary/aromatic N) is 3. The molecule has 4 rings (SSSR count). The molecule has 0 aliphatic carbocycles. The summed E-state index contributed by atoms with van der Waals surface area (Å²) in [5.41, 5.74) is 1.80. The van der Waals surface area contributed by atoms with Gasteiger partial charge in [0.2, 0.25) is 5.88 Å². The monoisotopic (exact) mass is 406 g/mol. The Hall–Kier alpha value is -3.22. The van der Waals surface area contributed by atoms with Gasteiger partial charge in [-0.25, -0.2) is 19.7 Å². The second kappa shape index (κ2) is 7.55. The number of nitrogens with one attached hydrogen (secondary N) is 1. The Kier molecular flexibility index (Phi) is 5.05. The van der Waals surface area contributed by atoms with E-state index in [1.165, 1.54) is 0 Å². The van der Waals surface area contributed by atoms with E-state index in [-0.39, 0.29) is 11.9 Å². The molecule has 0 saturated carbocycles. The molecule has 0 saturated heterocycles. The van der Waals surface area contributed by atoms with Gasteiger partial charge < -0.3 is 14.8 Å². The standard InChI is InChI=1S/C23H26N4O3/c1-6-7-14-11-25-21(29-5)17-12-24-19(10-16(14)17)26-18-9-8-15-20(27-18)13(2)23(3,4)30-22(15)28/h8-13H,6-7H2,1-5H3,(H,24,26,27). The van der Waals surface area contributed by atoms with Crippen molar-refractivity contribution in [1.82, 2.24) is 15.0 Å². The van der Waals surface area contributed by atoms with Crippen molar-refractivity contribution in [3.63, 3.8) is 0 Å². The molecule has 0 radical (unpaired) electrons. The van der Waals surface area contributed by atoms with E-state index in [0.29, 0.717) is 23.1 Å². The van der Waals surface area contributed by atoms with Crippen molar-refractivity contribution >= 4 is 28.4 Å². The maximum atomic E-state index is 12.3. The Morgan fingerprint density at radius 3 is 2.70 bits per heavy atom. The highest BCUT2D eigenvalue weighted by atomic mass is 16.6. The minimum Gasteiger partial charge on any atom is -0.481 e. The van der Waals surface area contributed by atoms with Crippen LogP contribution >= 0.6 is 0 Å². The molecule has 0 bridgehead atoms. The second-order valence-corrected chi connectivity index (χ2v) is 8.13. The van der Waals surface area contributed by atoms with Gasteiger partial charge in [0.25, 0.3) is 0 Å². The summed E-state index contributed by atoms with van der Waals surface area (Å²) in [6.07, 6.45) is 5.57. The molecule has 0 spiro atoms. The van der Waals surface area contributed by atoms with Crippen LogP contribution in [0.3, 0.4) is 0 Å². The summed E-state index contributed by atoms with van der Waals surface area (Å²) in [4.78, 5) is 25.9. The number of ether oxygens (including phenoxy) is 2. The van der Waals surface area contributed by atoms with E-state index in [2.05, 4.69) is 22.2 Å². The lowest BCUT2D eigenvalue weighted by Gasteiger charge is -2.36. The van der Waals surface area contributed by atoms with Crippen molar-refractivity contribution in [3.8, 4) is 5.88 Å². The molecule has 0 fully saturated rings. The third-order valence-corrected chi connectivity index (χ3v) is 5.74. The average molecular weight is 406 g/mol. The third kappa shape index (κ3) is 3.44. The van der Waals surface area contributed by atoms with Crippen LogP contribution in [0, 0.1) is 0 Å². The predicted molar refractivity (Wildman–Crippen MR) is 116 cm³/mol. The lowest BCUT2D eigenvalue weighted by Crippen LogP contribution is -2.39. The fourth-order valence-electron chi connectivity index (χ4n) is 3.76. The van der Waals surface area contributed by atoms with E-state index in [9.17, 15) is 4.79 Å². The number of fused-ring (bicyclic) bond motifs is 2. The number of carbonyl (C=O) groups excluding carboxylic acids is 1. The Bertz CT molecular complexity index is 1130. The second-order valence-electron chi connectivity index (χ2n) is 8.13. The molecule has 3 aromatic heterocycles. The van der Waals surface area contributed by atoms with Crippen molar-refractivity contribution in [2.24, 2.45) is 0 Å². The van der Waals surface area contributed by atoms with E-state index in [0.717, 1.165) is 34.9 Å². The van der Waals surface area contributed by atoms with Crippen LogP contribution in [0.5, 0.6) is 5.88 Å². The summed E-state index contributed by atoms with van der Waals surface area (Å²) in [5.74, 6) is 1.51. The Morgan fingerprint density at radius 1 is 1.17 bits per heavy atom. The van der Waals surface area contributed by atoms with Gasteiger partial charge in [0, 0.05) is 18.3 Å². The number of methoxy groups -OCH3 is 1. The number of cyclic esters (lactones) is 1. The molecule has 1 atom stereocenters. The van der Waals surface area contributed by atoms with Gasteiger partial charge >= 0.3 is 5.97 Å². The van der Waals surface area contributed by atoms with Crippen LogP contribution in [0.25, 0.3) is 10.8 Å². The van der Waals surface area contributed by atoms with Gasteiger partial charge in [-0.2, -0.15) is 0 Å². The van der Waals surface area contributed by atoms with E-state index in [4.69, 9.17) is 14.5 Å². The first kappa shape index (κ1) is 20.1. The molecule has 156 valence electrons. The normalized spacial score (nSPS) is 17.4. The average Bonchev–Trinajstić information content (AvgIpc) is 2.72. The lowest BCUT2D eigenvalue weighted by molar-refractivity contribution is -0.0189. The topological polar surface area (TPSA) is 86.2 Å². The molecule has 1 aliphatic rings. The molecule has 0 amide bonds. The van der Waals surface area contributed by atoms with Crippen LogP contribution in [0.15, 0.2) is 30.6 Å². The molecule has 7 nitrogen and oxygen atoms in total. The molecule has 3 aromatic rings. The third-order valence-electron chi connectivity index (χ3n) is 5.74. The molecule has 1 aliphatic heterocycles. The first-order valence-electron chi connectivity index (χ1n) is 10.2. The molecule has 30 heavy (non-hydrogen) atoms. The summed E-state index contributed by atoms with van der Waals surface area (Å²) >= 11 is 0. The molecule has 1 N–H and O–H groups in total. The zero-order valence-corrected chi connectivity index (χ0v) is 17.9. The number of rotatable bonds is 5. The number of carbonyl (C=O) groups is 1. The van der Waals surface area contributed by atoms with E-state index in [1.54, 1.807) is 25.4 Å². The summed E-state index contributed by atoms with van der Waals surface area (Å²) in [6, 6.07) is 5.53. The van der Waals surface area contributed by atoms with Gasteiger partial charge in [0.05, 0.1) is 23.8 Å². The van der Waals surface area contributed by atoms with Crippen LogP contribution in [0.1, 0.15) is 61.6 Å². The fourth-order valence-corrected chi connectivity index (χ4v) is 3.76. The molecule has 4 heterocycles. The summed E-state index contributed by atoms with van der Waals surface area (Å²) in [6.45, 7) is 7.97. The molecular weight excluding hydrogens is 380 g/mol. The van der Waals surface area contributed by atoms with Crippen LogP contribution in [0.2, 0.25) is 0 Å². The Morgan fingerprint density at radius 2 is 1.97 bits per heavy atom. The number of esters is 1. The zero-order valence-electron chi connectivity index (χ0n) is 17.9. The van der Waals surface area contributed by atoms with Crippen molar-refractivity contribution < 1.29 is 14.3 Å². The van der Waals surface area contributed by atoms with Crippen LogP contribution in [-0.4, -0.2) is 33.6 Å². The SMILES string of the molecule is CCCc1cnc(OC)c2cnc(Nc3ccc4c(n3)C(C)C(C)(C)OC4=O)cc12. The summed E-state index contributed by atoms with van der Waals surface area (Å²) < 4.78 is 10.9. The maximum Gasteiger partial charge on any atom is 0.340 e. The minimum atomic E-state index is -0.602. The highest BCUT2D eigenvalue weighted by Gasteiger charge is 2.40. The van der Waals surface area contributed by atoms with Crippen molar-refractivity contribution in [2.45, 2.75) is 52.1 Å². The van der Waals surface area contributed by atoms with Gasteiger partial charge in [-0.05, 0) is 49.4 Å². The van der Waals surface area contributed by atoms with Crippen molar-refractivity contribution in [1.29, 1.82) is 0 Å². The fraction of sp³-hybridized carbons (Fsp3) is 0.391. The van der Waals surface area contributed by atoms with Gasteiger partial charge in [-0.3, -0.25) is 0 Å². The van der Waals surface area contributed by atoms with Crippen LogP contribution < -0.4 is 10.1 Å². The van der Waals surface area contributed by atoms with E-state index in [1.807, 2.05) is 33.0 Å². The lowest BCUT2D eigenvalue weighted by atomic mass is 9.84. The van der Waals surface area contributed by atoms with E-state index < -0.39 is 5.60 Å². The Labute approximate surface area is 175 Å². The van der Waals surface area contributed by atoms with Gasteiger partial charge in [0.1, 0.15) is 17.2 Å². The number of aryl methyl sites for hydroxylation is 1. The number of hydrogen-bond donors (Lipinski definition) is 1. The quantitative estimate of drug-likeness (QED) is 0.610. The highest BCUT2D eigenvalue weighted by Crippen LogP contribution is 2.38. The van der Waals surface area contributed by atoms with Gasteiger partial charge in [-0.15, -0.1) is 0 Å². The number of aromatic nitrogens is 3. The van der Waals surface area contributed by atoms with Crippen molar-refractivity contribution in [3.05, 3.63) is 47.4 Å². The molecule has 0 aromatic carbocycles. The van der Waals surface area contributed by atoms with Gasteiger partial charge in [0.15, 0.2) is 0 Å². The molecular formula is C23H26N4O3. The van der Waals surface area contributed by atoms with Crippen molar-refractivity contribution in [2.75, 3.05) is 12.4 Å². The first-order chi connectivity index (χ1) is 14.3. The Balaban J connectivity index is 1.72. The predicted octanol–water partition coefficient (Wildman–Crippen LogP) is 4.78. The highest BCUT2D eigenvalue weighted by molar-refractivity contribution is 5.93. The summed E-state index contributed by atoms with van der Waals surface area (Å²) in [7, 11) is 1.61. The zero-order chi connectivity index (χ0) is 21.5. The van der Waals surface area contributed by atoms with E-state index >= 15 is 0 Å². The van der Waals surface area contributed by atoms with Crippen LogP contribution in [0.4, 0.5) is 11.6 Å². The number of hydrogen-bond acceptors (Lipinski definition) is 7.